The van der Waals surface area contributed by atoms with E-state index < -0.39 is 76.7 Å². The van der Waals surface area contributed by atoms with Gasteiger partial charge in [0.1, 0.15) is 24.7 Å². The number of aromatic amines is 1. The van der Waals surface area contributed by atoms with E-state index in [0.717, 1.165) is 25.8 Å². The van der Waals surface area contributed by atoms with Crippen LogP contribution in [-0.4, -0.2) is 97.0 Å². The van der Waals surface area contributed by atoms with Crippen LogP contribution < -0.4 is 33.1 Å². The lowest BCUT2D eigenvalue weighted by Gasteiger charge is -2.12. The predicted molar refractivity (Wildman–Crippen MR) is 254 cm³/mol. The number of carbonyl (C=O) groups is 4. The fourth-order valence-corrected chi connectivity index (χ4v) is 6.83. The number of hydrogen-bond acceptors (Lipinski definition) is 16. The van der Waals surface area contributed by atoms with Crippen LogP contribution in [0.1, 0.15) is 36.4 Å². The fraction of sp³-hybridized carbons (Fsp3) is 0.273. The molecule has 0 saturated heterocycles. The minimum atomic E-state index is -4.60. The van der Waals surface area contributed by atoms with Gasteiger partial charge >= 0.3 is 23.7 Å². The van der Waals surface area contributed by atoms with E-state index in [1.807, 2.05) is 0 Å². The second-order valence-electron chi connectivity index (χ2n) is 16.1. The normalized spacial score (nSPS) is 11.4. The van der Waals surface area contributed by atoms with Gasteiger partial charge in [-0.15, -0.1) is 11.6 Å². The van der Waals surface area contributed by atoms with E-state index in [2.05, 4.69) is 55.5 Å². The van der Waals surface area contributed by atoms with Crippen LogP contribution in [0.15, 0.2) is 81.1 Å². The maximum Gasteiger partial charge on any atom is 0.418 e. The number of halogens is 7. The van der Waals surface area contributed by atoms with Crippen LogP contribution in [0.25, 0.3) is 44.8 Å². The second-order valence-corrected chi connectivity index (χ2v) is 16.3. The summed E-state index contributed by atoms with van der Waals surface area (Å²) in [6.07, 6.45) is 0.574. The lowest BCUT2D eigenvalue weighted by molar-refractivity contribution is -0.139. The van der Waals surface area contributed by atoms with Gasteiger partial charge in [-0.05, 0) is 39.8 Å². The average molecular weight is 1070 g/mol. The Kier molecular flexibility index (Phi) is 16.5. The van der Waals surface area contributed by atoms with Crippen LogP contribution in [0.5, 0.6) is 0 Å². The minimum Gasteiger partial charge on any atom is -0.315 e. The number of fused-ring (bicyclic) bond motifs is 2. The molecule has 0 radical (unpaired) electrons. The number of nitrogens with one attached hydrogen (secondary N) is 3. The molecule has 0 spiro atoms. The molecular formula is C44H39ClF6N16O8. The molecule has 0 aliphatic heterocycles. The Morgan fingerprint density at radius 3 is 1.49 bits per heavy atom. The quantitative estimate of drug-likeness (QED) is 0.124. The third-order valence-electron chi connectivity index (χ3n) is 10.4. The van der Waals surface area contributed by atoms with E-state index in [4.69, 9.17) is 11.6 Å². The molecule has 75 heavy (non-hydrogen) atoms. The van der Waals surface area contributed by atoms with Crippen molar-refractivity contribution in [2.45, 2.75) is 59.7 Å². The number of anilines is 2. The van der Waals surface area contributed by atoms with Crippen LogP contribution in [0.3, 0.4) is 0 Å². The van der Waals surface area contributed by atoms with E-state index >= 15 is 0 Å². The molecule has 0 unspecified atom stereocenters. The molecule has 392 valence electrons. The molecule has 8 heterocycles. The maximum absolute atomic E-state index is 13.2. The third-order valence-corrected chi connectivity index (χ3v) is 10.7. The molecular weight excluding hydrogens is 1030 g/mol. The molecule has 0 fully saturated rings. The highest BCUT2D eigenvalue weighted by Crippen LogP contribution is 2.34. The number of imidazole rings is 2. The zero-order chi connectivity index (χ0) is 55.3. The van der Waals surface area contributed by atoms with Gasteiger partial charge in [0, 0.05) is 49.0 Å². The number of nitrogens with zero attached hydrogens (tertiary/aromatic N) is 13. The Hall–Kier alpha value is -9.09. The van der Waals surface area contributed by atoms with Crippen molar-refractivity contribution in [2.75, 3.05) is 16.5 Å². The summed E-state index contributed by atoms with van der Waals surface area (Å²) in [7, 11) is 2.80. The molecule has 8 rings (SSSR count). The zero-order valence-electron chi connectivity index (χ0n) is 39.8. The lowest BCUT2D eigenvalue weighted by Crippen LogP contribution is -2.41. The number of carbonyl (C=O) groups excluding carboxylic acids is 4. The number of aryl methyl sites for hydroxylation is 4. The molecule has 0 atom stereocenters. The standard InChI is InChI=1S/C22H19F3N8O4.C19H15F3N8O3.C3H5ClO/c1-11(34)8-33-20(36)18-19(31(3)21(33)37)28-10-32(18)9-17(35)30-16-7-26-6-15(29-16)13-4-14(22(23,24)25)12(2)27-5-13;1-9-11(19(20,21)22)3-10(4-24-9)12-5-23-6-13(26-12)27-14(31)7-30-8-25-16-15(30)17(32)28-18(33)29(16)2;1-3(5)2-4/h4-7,10H,8-9H2,1-3H3,(H,29,30,35);3-6,8H,7H2,1-2H3,(H,26,27,31)(H,28,32,33);2H2,1H3. The molecule has 2 amide bonds. The molecule has 0 bridgehead atoms. The molecule has 0 aliphatic carbocycles. The number of rotatable bonds is 11. The Balaban J connectivity index is 0.000000225. The summed E-state index contributed by atoms with van der Waals surface area (Å²) in [5, 5.41) is 4.94. The van der Waals surface area contributed by atoms with Gasteiger partial charge < -0.3 is 19.8 Å². The first-order valence-electron chi connectivity index (χ1n) is 21.3. The van der Waals surface area contributed by atoms with Crippen molar-refractivity contribution in [3.05, 3.63) is 126 Å². The first-order valence-corrected chi connectivity index (χ1v) is 21.9. The largest absolute Gasteiger partial charge is 0.418 e. The Morgan fingerprint density at radius 1 is 0.627 bits per heavy atom. The van der Waals surface area contributed by atoms with Crippen LogP contribution >= 0.6 is 11.6 Å². The molecule has 31 heteroatoms. The van der Waals surface area contributed by atoms with Gasteiger partial charge in [-0.1, -0.05) is 0 Å². The molecule has 0 saturated carbocycles. The van der Waals surface area contributed by atoms with Crippen molar-refractivity contribution in [2.24, 2.45) is 14.1 Å². The van der Waals surface area contributed by atoms with E-state index in [0.29, 0.717) is 0 Å². The van der Waals surface area contributed by atoms with E-state index in [1.165, 1.54) is 101 Å². The van der Waals surface area contributed by atoms with Crippen molar-refractivity contribution >= 4 is 68.9 Å². The third kappa shape index (κ3) is 12.9. The Labute approximate surface area is 420 Å². The molecule has 24 nitrogen and oxygen atoms in total. The van der Waals surface area contributed by atoms with E-state index in [9.17, 15) is 64.7 Å². The number of H-pyrrole nitrogens is 1. The highest BCUT2D eigenvalue weighted by Gasteiger charge is 2.34. The SMILES string of the molecule is CC(=O)CCl.CC(=O)Cn1c(=O)c2c(ncn2CC(=O)Nc2cncc(-c3cnc(C)c(C(F)(F)F)c3)n2)n(C)c1=O.Cc1ncc(-c2cncc(NC(=O)Cn3cnc4c3c(=O)[nH]c(=O)n4C)n2)cc1C(F)(F)F. The zero-order valence-corrected chi connectivity index (χ0v) is 40.6. The number of alkyl halides is 7. The van der Waals surface area contributed by atoms with Gasteiger partial charge in [-0.3, -0.25) is 67.4 Å². The molecule has 3 N–H and O–H groups in total. The van der Waals surface area contributed by atoms with E-state index in [1.54, 1.807) is 0 Å². The highest BCUT2D eigenvalue weighted by molar-refractivity contribution is 6.27. The smallest absolute Gasteiger partial charge is 0.315 e. The van der Waals surface area contributed by atoms with Crippen molar-refractivity contribution in [1.82, 2.24) is 67.7 Å². The monoisotopic (exact) mass is 1070 g/mol. The number of aromatic nitrogens is 14. The summed E-state index contributed by atoms with van der Waals surface area (Å²) in [5.41, 5.74) is -4.72. The molecule has 0 aromatic carbocycles. The van der Waals surface area contributed by atoms with Crippen LogP contribution in [0.4, 0.5) is 38.0 Å². The number of hydrogen-bond donors (Lipinski definition) is 3. The Bertz CT molecular complexity index is 3790. The van der Waals surface area contributed by atoms with Crippen LogP contribution in [-0.2, 0) is 65.3 Å². The summed E-state index contributed by atoms with van der Waals surface area (Å²) in [6.45, 7) is 3.97. The van der Waals surface area contributed by atoms with Crippen molar-refractivity contribution in [3.63, 3.8) is 0 Å². The first kappa shape index (κ1) is 55.2. The summed E-state index contributed by atoms with van der Waals surface area (Å²) >= 11 is 4.99. The van der Waals surface area contributed by atoms with Crippen molar-refractivity contribution in [1.29, 1.82) is 0 Å². The number of pyridine rings is 2. The second kappa shape index (κ2) is 22.4. The lowest BCUT2D eigenvalue weighted by atomic mass is 10.1. The van der Waals surface area contributed by atoms with Crippen molar-refractivity contribution < 1.29 is 45.5 Å². The van der Waals surface area contributed by atoms with Crippen LogP contribution in [0.2, 0.25) is 0 Å². The summed E-state index contributed by atoms with van der Waals surface area (Å²) in [5.74, 6) is -1.58. The predicted octanol–water partition coefficient (Wildman–Crippen LogP) is 3.36. The summed E-state index contributed by atoms with van der Waals surface area (Å²) in [6, 6.07) is 1.80. The summed E-state index contributed by atoms with van der Waals surface area (Å²) in [4.78, 5) is 129. The van der Waals surface area contributed by atoms with Gasteiger partial charge in [0.2, 0.25) is 11.8 Å². The average Bonchev–Trinajstić information content (AvgIpc) is 3.96. The minimum absolute atomic E-state index is 0.0163. The fourth-order valence-electron chi connectivity index (χ4n) is 6.83. The van der Waals surface area contributed by atoms with Gasteiger partial charge in [0.25, 0.3) is 11.1 Å². The number of amides is 2. The summed E-state index contributed by atoms with van der Waals surface area (Å²) < 4.78 is 84.7. The first-order chi connectivity index (χ1) is 35.2. The maximum atomic E-state index is 13.2. The highest BCUT2D eigenvalue weighted by atomic mass is 35.5. The Morgan fingerprint density at radius 2 is 1.07 bits per heavy atom. The number of Topliss-reactive ketones (excluding diaryl/α,β-unsaturated/α-hetero) is 2. The van der Waals surface area contributed by atoms with Gasteiger partial charge in [0.05, 0.1) is 72.4 Å². The van der Waals surface area contributed by atoms with Gasteiger partial charge in [-0.2, -0.15) is 26.3 Å². The van der Waals surface area contributed by atoms with Gasteiger partial charge in [0.15, 0.2) is 34.0 Å². The topological polar surface area (TPSA) is 304 Å². The molecule has 8 aromatic heterocycles. The van der Waals surface area contributed by atoms with Crippen molar-refractivity contribution in [3.8, 4) is 22.5 Å². The van der Waals surface area contributed by atoms with E-state index in [-0.39, 0.29) is 86.1 Å². The van der Waals surface area contributed by atoms with Gasteiger partial charge in [-0.25, -0.2) is 29.5 Å². The molecule has 0 aliphatic rings. The molecule has 8 aromatic rings. The number of ketones is 2. The van der Waals surface area contributed by atoms with Crippen LogP contribution in [0, 0.1) is 13.8 Å².